The molecule has 0 aromatic carbocycles. The molecule has 1 atom stereocenters. The van der Waals surface area contributed by atoms with Gasteiger partial charge in [-0.25, -0.2) is 0 Å². The molecule has 2 aliphatic rings. The molecule has 0 radical (unpaired) electrons. The molecule has 0 unspecified atom stereocenters. The first-order valence-electron chi connectivity index (χ1n) is 7.42. The Hall–Kier alpha value is -0.940. The molecule has 2 heterocycles. The van der Waals surface area contributed by atoms with Crippen molar-refractivity contribution in [2.75, 3.05) is 26.7 Å². The molecule has 0 spiro atoms. The first-order chi connectivity index (χ1) is 9.20. The van der Waals surface area contributed by atoms with Crippen molar-refractivity contribution in [2.45, 2.75) is 45.2 Å². The first kappa shape index (κ1) is 13.1. The van der Waals surface area contributed by atoms with Crippen LogP contribution in [0.3, 0.4) is 0 Å². The standard InChI is InChI=1S/C14H24N4O/c1-11-15-14(16-19-11)10-17(2)13-6-7-18(9-13)8-12-4-3-5-12/h12-13H,3-10H2,1-2H3/t13-/m1/s1. The Kier molecular flexibility index (Phi) is 3.84. The number of rotatable bonds is 5. The summed E-state index contributed by atoms with van der Waals surface area (Å²) in [5, 5.41) is 3.98. The third-order valence-electron chi connectivity index (χ3n) is 4.57. The molecule has 3 rings (SSSR count). The highest BCUT2D eigenvalue weighted by Crippen LogP contribution is 2.28. The first-order valence-corrected chi connectivity index (χ1v) is 7.42. The van der Waals surface area contributed by atoms with E-state index in [1.807, 2.05) is 6.92 Å². The van der Waals surface area contributed by atoms with Gasteiger partial charge in [0, 0.05) is 26.1 Å². The number of likely N-dealkylation sites (N-methyl/N-ethyl adjacent to an activating group) is 1. The van der Waals surface area contributed by atoms with Gasteiger partial charge in [-0.2, -0.15) is 4.98 Å². The molecular weight excluding hydrogens is 240 g/mol. The van der Waals surface area contributed by atoms with Gasteiger partial charge in [0.25, 0.3) is 0 Å². The zero-order chi connectivity index (χ0) is 13.2. The summed E-state index contributed by atoms with van der Waals surface area (Å²) in [6.45, 7) is 6.39. The Morgan fingerprint density at radius 1 is 1.37 bits per heavy atom. The lowest BCUT2D eigenvalue weighted by Crippen LogP contribution is -2.36. The van der Waals surface area contributed by atoms with Crippen molar-refractivity contribution in [1.29, 1.82) is 0 Å². The number of aryl methyl sites for hydroxylation is 1. The second-order valence-corrected chi connectivity index (χ2v) is 6.14. The maximum absolute atomic E-state index is 5.03. The van der Waals surface area contributed by atoms with E-state index in [1.165, 1.54) is 45.3 Å². The number of aromatic nitrogens is 2. The fraction of sp³-hybridized carbons (Fsp3) is 0.857. The van der Waals surface area contributed by atoms with Crippen molar-refractivity contribution >= 4 is 0 Å². The zero-order valence-electron chi connectivity index (χ0n) is 12.0. The zero-order valence-corrected chi connectivity index (χ0v) is 12.0. The summed E-state index contributed by atoms with van der Waals surface area (Å²) in [6.07, 6.45) is 5.59. The smallest absolute Gasteiger partial charge is 0.223 e. The lowest BCUT2D eigenvalue weighted by molar-refractivity contribution is 0.180. The predicted octanol–water partition coefficient (Wildman–Crippen LogP) is 1.68. The number of hydrogen-bond donors (Lipinski definition) is 0. The van der Waals surface area contributed by atoms with Crippen molar-refractivity contribution in [3.05, 3.63) is 11.7 Å². The summed E-state index contributed by atoms with van der Waals surface area (Å²) in [5.74, 6) is 2.43. The fourth-order valence-electron chi connectivity index (χ4n) is 3.14. The fourth-order valence-corrected chi connectivity index (χ4v) is 3.14. The Labute approximate surface area is 115 Å². The van der Waals surface area contributed by atoms with Gasteiger partial charge in [-0.05, 0) is 38.8 Å². The average molecular weight is 264 g/mol. The summed E-state index contributed by atoms with van der Waals surface area (Å²) < 4.78 is 5.03. The van der Waals surface area contributed by atoms with Crippen molar-refractivity contribution in [1.82, 2.24) is 19.9 Å². The molecule has 1 aromatic rings. The maximum atomic E-state index is 5.03. The minimum Gasteiger partial charge on any atom is -0.340 e. The summed E-state index contributed by atoms with van der Waals surface area (Å²) in [7, 11) is 2.17. The minimum atomic E-state index is 0.638. The van der Waals surface area contributed by atoms with Crippen LogP contribution in [0.25, 0.3) is 0 Å². The van der Waals surface area contributed by atoms with Crippen LogP contribution in [-0.2, 0) is 6.54 Å². The van der Waals surface area contributed by atoms with Gasteiger partial charge in [0.05, 0.1) is 6.54 Å². The van der Waals surface area contributed by atoms with Crippen LogP contribution < -0.4 is 0 Å². The van der Waals surface area contributed by atoms with E-state index in [9.17, 15) is 0 Å². The van der Waals surface area contributed by atoms with Gasteiger partial charge in [0.2, 0.25) is 5.89 Å². The third-order valence-corrected chi connectivity index (χ3v) is 4.57. The molecule has 5 nitrogen and oxygen atoms in total. The van der Waals surface area contributed by atoms with Crippen LogP contribution >= 0.6 is 0 Å². The monoisotopic (exact) mass is 264 g/mol. The Balaban J connectivity index is 1.46. The lowest BCUT2D eigenvalue weighted by Gasteiger charge is -2.30. The summed E-state index contributed by atoms with van der Waals surface area (Å²) in [4.78, 5) is 9.28. The molecule has 1 aliphatic heterocycles. The number of likely N-dealkylation sites (tertiary alicyclic amines) is 1. The molecule has 106 valence electrons. The van der Waals surface area contributed by atoms with E-state index in [-0.39, 0.29) is 0 Å². The Morgan fingerprint density at radius 2 is 2.21 bits per heavy atom. The van der Waals surface area contributed by atoms with Gasteiger partial charge >= 0.3 is 0 Å². The van der Waals surface area contributed by atoms with Crippen LogP contribution in [0.2, 0.25) is 0 Å². The van der Waals surface area contributed by atoms with E-state index in [0.29, 0.717) is 11.9 Å². The van der Waals surface area contributed by atoms with Crippen LogP contribution in [0.15, 0.2) is 4.52 Å². The van der Waals surface area contributed by atoms with Crippen LogP contribution in [0.1, 0.15) is 37.4 Å². The van der Waals surface area contributed by atoms with Gasteiger partial charge in [-0.15, -0.1) is 0 Å². The Bertz CT molecular complexity index is 415. The quantitative estimate of drug-likeness (QED) is 0.809. The van der Waals surface area contributed by atoms with Gasteiger partial charge < -0.3 is 9.42 Å². The summed E-state index contributed by atoms with van der Waals surface area (Å²) >= 11 is 0. The summed E-state index contributed by atoms with van der Waals surface area (Å²) in [6, 6.07) is 0.638. The normalized spacial score (nSPS) is 25.1. The predicted molar refractivity (Wildman–Crippen MR) is 72.7 cm³/mol. The van der Waals surface area contributed by atoms with E-state index < -0.39 is 0 Å². The van der Waals surface area contributed by atoms with E-state index in [2.05, 4.69) is 27.0 Å². The van der Waals surface area contributed by atoms with Gasteiger partial charge in [0.15, 0.2) is 5.82 Å². The van der Waals surface area contributed by atoms with Crippen molar-refractivity contribution < 1.29 is 4.52 Å². The third kappa shape index (κ3) is 3.15. The SMILES string of the molecule is Cc1nc(CN(C)[C@@H]2CCN(CC3CCC3)C2)no1. The van der Waals surface area contributed by atoms with E-state index in [0.717, 1.165) is 18.3 Å². The largest absolute Gasteiger partial charge is 0.340 e. The molecule has 1 aromatic heterocycles. The average Bonchev–Trinajstić information content (AvgIpc) is 2.93. The molecule has 0 bridgehead atoms. The van der Waals surface area contributed by atoms with Crippen molar-refractivity contribution in [3.8, 4) is 0 Å². The van der Waals surface area contributed by atoms with Crippen molar-refractivity contribution in [3.63, 3.8) is 0 Å². The van der Waals surface area contributed by atoms with Crippen molar-refractivity contribution in [2.24, 2.45) is 5.92 Å². The molecule has 5 heteroatoms. The molecular formula is C14H24N4O. The number of nitrogens with zero attached hydrogens (tertiary/aromatic N) is 4. The highest BCUT2D eigenvalue weighted by atomic mass is 16.5. The molecule has 1 aliphatic carbocycles. The maximum Gasteiger partial charge on any atom is 0.223 e. The van der Waals surface area contributed by atoms with E-state index in [1.54, 1.807) is 0 Å². The van der Waals surface area contributed by atoms with Gasteiger partial charge in [-0.3, -0.25) is 4.90 Å². The minimum absolute atomic E-state index is 0.638. The van der Waals surface area contributed by atoms with Crippen LogP contribution in [0.5, 0.6) is 0 Å². The highest BCUT2D eigenvalue weighted by molar-refractivity contribution is 4.89. The Morgan fingerprint density at radius 3 is 2.84 bits per heavy atom. The molecule has 1 saturated heterocycles. The second-order valence-electron chi connectivity index (χ2n) is 6.14. The molecule has 0 N–H and O–H groups in total. The molecule has 19 heavy (non-hydrogen) atoms. The highest BCUT2D eigenvalue weighted by Gasteiger charge is 2.29. The van der Waals surface area contributed by atoms with E-state index in [4.69, 9.17) is 4.52 Å². The van der Waals surface area contributed by atoms with Crippen LogP contribution in [0, 0.1) is 12.8 Å². The summed E-state index contributed by atoms with van der Waals surface area (Å²) in [5.41, 5.74) is 0. The van der Waals surface area contributed by atoms with E-state index >= 15 is 0 Å². The molecule has 2 fully saturated rings. The topological polar surface area (TPSA) is 45.4 Å². The second kappa shape index (κ2) is 5.59. The molecule has 1 saturated carbocycles. The number of hydrogen-bond acceptors (Lipinski definition) is 5. The lowest BCUT2D eigenvalue weighted by atomic mass is 9.85. The van der Waals surface area contributed by atoms with Gasteiger partial charge in [0.1, 0.15) is 0 Å². The van der Waals surface area contributed by atoms with Gasteiger partial charge in [-0.1, -0.05) is 11.6 Å². The molecule has 0 amide bonds. The van der Waals surface area contributed by atoms with Crippen LogP contribution in [-0.4, -0.2) is 52.7 Å². The van der Waals surface area contributed by atoms with Crippen LogP contribution in [0.4, 0.5) is 0 Å².